The highest BCUT2D eigenvalue weighted by Crippen LogP contribution is 2.50. The van der Waals surface area contributed by atoms with Crippen molar-refractivity contribution < 1.29 is 0 Å². The molecule has 10 aromatic rings. The van der Waals surface area contributed by atoms with Crippen molar-refractivity contribution in [1.29, 1.82) is 0 Å². The zero-order chi connectivity index (χ0) is 49.5. The third-order valence-electron chi connectivity index (χ3n) is 15.4. The lowest BCUT2D eigenvalue weighted by atomic mass is 9.33. The summed E-state index contributed by atoms with van der Waals surface area (Å²) in [7, 11) is 0. The number of para-hydroxylation sites is 1. The molecule has 4 heterocycles. The molecule has 71 heavy (non-hydrogen) atoms. The first-order valence-corrected chi connectivity index (χ1v) is 26.4. The molecule has 12 rings (SSSR count). The number of fused-ring (bicyclic) bond motifs is 9. The second-order valence-corrected chi connectivity index (χ2v) is 25.4. The zero-order valence-electron chi connectivity index (χ0n) is 43.5. The van der Waals surface area contributed by atoms with E-state index < -0.39 is 0 Å². The van der Waals surface area contributed by atoms with E-state index in [0.29, 0.717) is 0 Å². The van der Waals surface area contributed by atoms with Crippen LogP contribution >= 0.6 is 11.3 Å². The van der Waals surface area contributed by atoms with Gasteiger partial charge in [0.1, 0.15) is 4.83 Å². The van der Waals surface area contributed by atoms with Gasteiger partial charge in [-0.1, -0.05) is 192 Å². The van der Waals surface area contributed by atoms with Crippen molar-refractivity contribution in [2.45, 2.75) is 105 Å². The standard InChI is InChI=1S/C66H64BN3S/c1-63(2,3)42-25-31-46(32-26-42)68(47-33-27-43(28-34-47)64(4,5)6)48-39-56-60-57(40-48)70-61-50(59-49-21-16-17-24-58(49)71-62(59)70)22-18-23-53(61)67(60)52-35-29-45(66(10,11)12)38-55(52)69(56)54-36-30-44(65(7,8)9)37-51(54)41-19-14-13-15-20-41/h13-40H,1-12H3. The van der Waals surface area contributed by atoms with Crippen LogP contribution in [0.25, 0.3) is 48.0 Å². The number of thiophene rings is 1. The minimum Gasteiger partial charge on any atom is -0.311 e. The zero-order valence-corrected chi connectivity index (χ0v) is 44.3. The minimum absolute atomic E-state index is 0.000371. The quantitative estimate of drug-likeness (QED) is 0.159. The lowest BCUT2D eigenvalue weighted by Gasteiger charge is -2.42. The Bertz CT molecular complexity index is 3680. The van der Waals surface area contributed by atoms with Crippen LogP contribution in [0.4, 0.5) is 34.1 Å². The van der Waals surface area contributed by atoms with Crippen LogP contribution in [-0.2, 0) is 21.7 Å². The van der Waals surface area contributed by atoms with E-state index in [9.17, 15) is 0 Å². The van der Waals surface area contributed by atoms with Gasteiger partial charge in [0, 0.05) is 54.9 Å². The van der Waals surface area contributed by atoms with Crippen molar-refractivity contribution in [3.05, 3.63) is 192 Å². The summed E-state index contributed by atoms with van der Waals surface area (Å²) in [5.41, 5.74) is 21.2. The van der Waals surface area contributed by atoms with Gasteiger partial charge in [-0.3, -0.25) is 0 Å². The molecule has 0 amide bonds. The topological polar surface area (TPSA) is 11.4 Å². The molecule has 2 aliphatic rings. The second-order valence-electron chi connectivity index (χ2n) is 24.3. The normalized spacial score (nSPS) is 13.6. The van der Waals surface area contributed by atoms with Crippen LogP contribution < -0.4 is 26.2 Å². The summed E-state index contributed by atoms with van der Waals surface area (Å²) in [4.78, 5) is 6.45. The van der Waals surface area contributed by atoms with Gasteiger partial charge in [-0.25, -0.2) is 0 Å². The molecular weight excluding hydrogens is 878 g/mol. The van der Waals surface area contributed by atoms with Crippen molar-refractivity contribution in [2.24, 2.45) is 0 Å². The Kier molecular flexibility index (Phi) is 10.1. The maximum absolute atomic E-state index is 2.65. The van der Waals surface area contributed by atoms with Gasteiger partial charge in [0.2, 0.25) is 0 Å². The smallest absolute Gasteiger partial charge is 0.252 e. The fraction of sp³-hybridized carbons (Fsp3) is 0.242. The second kappa shape index (κ2) is 15.8. The Morgan fingerprint density at radius 3 is 1.61 bits per heavy atom. The van der Waals surface area contributed by atoms with Gasteiger partial charge in [-0.15, -0.1) is 11.3 Å². The molecule has 5 heteroatoms. The number of hydrogen-bond acceptors (Lipinski definition) is 3. The van der Waals surface area contributed by atoms with Crippen molar-refractivity contribution in [1.82, 2.24) is 4.57 Å². The number of nitrogens with zero attached hydrogens (tertiary/aromatic N) is 3. The van der Waals surface area contributed by atoms with Gasteiger partial charge >= 0.3 is 0 Å². The van der Waals surface area contributed by atoms with Crippen molar-refractivity contribution in [3.63, 3.8) is 0 Å². The molecule has 3 nitrogen and oxygen atoms in total. The maximum Gasteiger partial charge on any atom is 0.252 e. The largest absolute Gasteiger partial charge is 0.311 e. The average Bonchev–Trinajstić information content (AvgIpc) is 3.88. The summed E-state index contributed by atoms with van der Waals surface area (Å²) in [6.45, 7) is 27.8. The highest BCUT2D eigenvalue weighted by molar-refractivity contribution is 7.26. The molecule has 8 aromatic carbocycles. The fourth-order valence-corrected chi connectivity index (χ4v) is 12.7. The predicted octanol–water partition coefficient (Wildman–Crippen LogP) is 16.9. The van der Waals surface area contributed by atoms with Crippen LogP contribution in [0.3, 0.4) is 0 Å². The van der Waals surface area contributed by atoms with E-state index in [4.69, 9.17) is 0 Å². The van der Waals surface area contributed by atoms with Crippen LogP contribution in [-0.4, -0.2) is 11.3 Å². The van der Waals surface area contributed by atoms with E-state index in [0.717, 1.165) is 17.1 Å². The highest BCUT2D eigenvalue weighted by atomic mass is 32.1. The number of rotatable bonds is 5. The minimum atomic E-state index is -0.0751. The van der Waals surface area contributed by atoms with Gasteiger partial charge in [-0.2, -0.15) is 0 Å². The van der Waals surface area contributed by atoms with Crippen molar-refractivity contribution in [3.8, 4) is 16.8 Å². The Hall–Kier alpha value is -6.82. The van der Waals surface area contributed by atoms with Gasteiger partial charge in [0.15, 0.2) is 0 Å². The summed E-state index contributed by atoms with van der Waals surface area (Å²) in [5.74, 6) is 0. The average molecular weight is 942 g/mol. The van der Waals surface area contributed by atoms with Gasteiger partial charge in [0.05, 0.1) is 16.9 Å². The lowest BCUT2D eigenvalue weighted by molar-refractivity contribution is 0.590. The van der Waals surface area contributed by atoms with Gasteiger partial charge in [-0.05, 0) is 127 Å². The summed E-state index contributed by atoms with van der Waals surface area (Å²) in [6.07, 6.45) is 0. The van der Waals surface area contributed by atoms with E-state index in [1.54, 1.807) is 0 Å². The van der Waals surface area contributed by atoms with Crippen LogP contribution in [0, 0.1) is 0 Å². The number of hydrogen-bond donors (Lipinski definition) is 0. The third-order valence-corrected chi connectivity index (χ3v) is 16.6. The summed E-state index contributed by atoms with van der Waals surface area (Å²) < 4.78 is 3.97. The first-order chi connectivity index (χ1) is 33.8. The molecule has 0 radical (unpaired) electrons. The molecule has 0 bridgehead atoms. The van der Waals surface area contributed by atoms with E-state index in [2.05, 4.69) is 267 Å². The third kappa shape index (κ3) is 7.29. The Morgan fingerprint density at radius 1 is 0.423 bits per heavy atom. The van der Waals surface area contributed by atoms with Crippen LogP contribution in [0.1, 0.15) is 105 Å². The van der Waals surface area contributed by atoms with Gasteiger partial charge < -0.3 is 14.4 Å². The Morgan fingerprint density at radius 2 is 0.972 bits per heavy atom. The molecule has 2 aromatic heterocycles. The molecule has 352 valence electrons. The van der Waals surface area contributed by atoms with Crippen LogP contribution in [0.5, 0.6) is 0 Å². The van der Waals surface area contributed by atoms with E-state index in [1.165, 1.54) is 104 Å². The molecule has 0 fully saturated rings. The molecule has 0 atom stereocenters. The summed E-state index contributed by atoms with van der Waals surface area (Å²) in [5, 5.41) is 3.98. The number of aromatic nitrogens is 1. The molecule has 0 saturated heterocycles. The Balaban J connectivity index is 1.25. The first kappa shape index (κ1) is 45.3. The van der Waals surface area contributed by atoms with Crippen molar-refractivity contribution in [2.75, 3.05) is 9.80 Å². The molecule has 0 spiro atoms. The Labute approximate surface area is 425 Å². The molecule has 0 N–H and O–H groups in total. The SMILES string of the molecule is CC(C)(C)c1ccc(N(c2ccc(C(C)(C)C)cc2)c2cc3c4c(c2)-n2c5sc6ccccc6c5c5cccc(c52)B4c2ccc(C(C)(C)C)cc2N3c2ccc(C(C)(C)C)cc2-c2ccccc2)cc1. The van der Waals surface area contributed by atoms with Crippen molar-refractivity contribution >= 4 is 99.8 Å². The molecule has 0 saturated carbocycles. The monoisotopic (exact) mass is 941 g/mol. The number of anilines is 6. The van der Waals surface area contributed by atoms with Gasteiger partial charge in [0.25, 0.3) is 6.71 Å². The summed E-state index contributed by atoms with van der Waals surface area (Å²) >= 11 is 1.92. The molecular formula is C66H64BN3S. The fourth-order valence-electron chi connectivity index (χ4n) is 11.5. The molecule has 0 aliphatic carbocycles. The van der Waals surface area contributed by atoms with E-state index in [1.807, 2.05) is 11.3 Å². The van der Waals surface area contributed by atoms with Crippen LogP contribution in [0.15, 0.2) is 170 Å². The maximum atomic E-state index is 2.65. The number of benzene rings is 8. The predicted molar refractivity (Wildman–Crippen MR) is 310 cm³/mol. The molecule has 0 unspecified atom stereocenters. The molecule has 2 aliphatic heterocycles. The lowest BCUT2D eigenvalue weighted by Crippen LogP contribution is -2.60. The van der Waals surface area contributed by atoms with E-state index >= 15 is 0 Å². The van der Waals surface area contributed by atoms with Crippen LogP contribution in [0.2, 0.25) is 0 Å². The first-order valence-electron chi connectivity index (χ1n) is 25.5. The highest BCUT2D eigenvalue weighted by Gasteiger charge is 2.44. The summed E-state index contributed by atoms with van der Waals surface area (Å²) in [6, 6.07) is 65.5. The van der Waals surface area contributed by atoms with E-state index in [-0.39, 0.29) is 28.4 Å².